The molecular formula is C15H24N6O3. The predicted molar refractivity (Wildman–Crippen MR) is 91.0 cm³/mol. The summed E-state index contributed by atoms with van der Waals surface area (Å²) in [6.45, 7) is 4.65. The number of amides is 1. The lowest BCUT2D eigenvalue weighted by atomic mass is 10.3. The van der Waals surface area contributed by atoms with Crippen LogP contribution in [-0.4, -0.2) is 44.2 Å². The highest BCUT2D eigenvalue weighted by molar-refractivity contribution is 5.76. The van der Waals surface area contributed by atoms with Crippen LogP contribution < -0.4 is 21.9 Å². The fourth-order valence-corrected chi connectivity index (χ4v) is 2.47. The van der Waals surface area contributed by atoms with Crippen LogP contribution in [0.1, 0.15) is 19.8 Å². The number of aromatic nitrogens is 4. The van der Waals surface area contributed by atoms with Crippen molar-refractivity contribution < 1.29 is 4.79 Å². The number of hydrogen-bond donors (Lipinski definition) is 2. The number of nitrogens with one attached hydrogen (secondary N) is 2. The largest absolute Gasteiger partial charge is 0.355 e. The summed E-state index contributed by atoms with van der Waals surface area (Å²) >= 11 is 0. The molecule has 24 heavy (non-hydrogen) atoms. The van der Waals surface area contributed by atoms with Crippen molar-refractivity contribution in [1.29, 1.82) is 0 Å². The first kappa shape index (κ1) is 17.9. The molecule has 9 heteroatoms. The van der Waals surface area contributed by atoms with Crippen molar-refractivity contribution in [2.45, 2.75) is 26.3 Å². The molecule has 2 heterocycles. The molecule has 2 rings (SSSR count). The van der Waals surface area contributed by atoms with E-state index in [-0.39, 0.29) is 12.3 Å². The van der Waals surface area contributed by atoms with Gasteiger partial charge in [-0.15, -0.1) is 0 Å². The molecule has 9 nitrogen and oxygen atoms in total. The first-order valence-corrected chi connectivity index (χ1v) is 8.05. The van der Waals surface area contributed by atoms with Gasteiger partial charge in [-0.1, -0.05) is 6.92 Å². The van der Waals surface area contributed by atoms with Crippen LogP contribution in [0.4, 0.5) is 0 Å². The van der Waals surface area contributed by atoms with Crippen LogP contribution in [0, 0.1) is 0 Å². The molecular weight excluding hydrogens is 312 g/mol. The van der Waals surface area contributed by atoms with E-state index in [1.165, 1.54) is 17.9 Å². The van der Waals surface area contributed by atoms with Crippen LogP contribution in [0.5, 0.6) is 0 Å². The second-order valence-corrected chi connectivity index (χ2v) is 5.67. The third-order valence-corrected chi connectivity index (χ3v) is 3.85. The predicted octanol–water partition coefficient (Wildman–Crippen LogP) is -1.06. The molecule has 1 amide bonds. The lowest BCUT2D eigenvalue weighted by Crippen LogP contribution is -2.37. The Labute approximate surface area is 139 Å². The van der Waals surface area contributed by atoms with Gasteiger partial charge in [-0.2, -0.15) is 0 Å². The third kappa shape index (κ3) is 3.73. The number of imidazole rings is 1. The first-order chi connectivity index (χ1) is 11.5. The average molecular weight is 336 g/mol. The Kier molecular flexibility index (Phi) is 5.91. The van der Waals surface area contributed by atoms with E-state index in [4.69, 9.17) is 0 Å². The monoisotopic (exact) mass is 336 g/mol. The van der Waals surface area contributed by atoms with Crippen molar-refractivity contribution >= 4 is 17.1 Å². The molecule has 2 aromatic heterocycles. The Balaban J connectivity index is 2.03. The Hall–Kier alpha value is -2.42. The van der Waals surface area contributed by atoms with Gasteiger partial charge in [0.2, 0.25) is 5.91 Å². The van der Waals surface area contributed by atoms with Gasteiger partial charge in [-0.25, -0.2) is 9.78 Å². The lowest BCUT2D eigenvalue weighted by molar-refractivity contribution is -0.121. The van der Waals surface area contributed by atoms with Crippen LogP contribution in [0.3, 0.4) is 0 Å². The maximum atomic E-state index is 12.3. The second kappa shape index (κ2) is 7.91. The molecule has 0 spiro atoms. The van der Waals surface area contributed by atoms with Gasteiger partial charge in [-0.05, 0) is 13.0 Å². The van der Waals surface area contributed by atoms with Crippen LogP contribution in [-0.2, 0) is 25.4 Å². The minimum Gasteiger partial charge on any atom is -0.355 e. The van der Waals surface area contributed by atoms with Gasteiger partial charge in [0.15, 0.2) is 11.2 Å². The topological polar surface area (TPSA) is 103 Å². The summed E-state index contributed by atoms with van der Waals surface area (Å²) in [6, 6.07) is 0. The van der Waals surface area contributed by atoms with E-state index in [1.54, 1.807) is 11.6 Å². The number of rotatable bonds is 8. The van der Waals surface area contributed by atoms with Crippen molar-refractivity contribution in [3.05, 3.63) is 27.2 Å². The molecule has 0 atom stereocenters. The smallest absolute Gasteiger partial charge is 0.332 e. The molecule has 0 radical (unpaired) electrons. The third-order valence-electron chi connectivity index (χ3n) is 3.85. The van der Waals surface area contributed by atoms with E-state index in [9.17, 15) is 14.4 Å². The van der Waals surface area contributed by atoms with E-state index in [2.05, 4.69) is 22.5 Å². The quantitative estimate of drug-likeness (QED) is 0.598. The van der Waals surface area contributed by atoms with Crippen LogP contribution in [0.15, 0.2) is 15.9 Å². The highest BCUT2D eigenvalue weighted by Crippen LogP contribution is 2.06. The molecule has 0 aliphatic heterocycles. The molecule has 0 fully saturated rings. The molecule has 0 saturated heterocycles. The van der Waals surface area contributed by atoms with E-state index in [0.717, 1.165) is 24.1 Å². The lowest BCUT2D eigenvalue weighted by Gasteiger charge is -2.08. The SMILES string of the molecule is CCCNCCNC(=O)CCn1cnc2c1c(=O)n(C)c(=O)n2C. The fourth-order valence-electron chi connectivity index (χ4n) is 2.47. The van der Waals surface area contributed by atoms with Crippen LogP contribution in [0.25, 0.3) is 11.2 Å². The van der Waals surface area contributed by atoms with Gasteiger partial charge >= 0.3 is 5.69 Å². The zero-order chi connectivity index (χ0) is 17.7. The Morgan fingerprint density at radius 2 is 1.92 bits per heavy atom. The maximum Gasteiger partial charge on any atom is 0.332 e. The Bertz CT molecular complexity index is 832. The van der Waals surface area contributed by atoms with Gasteiger partial charge < -0.3 is 15.2 Å². The summed E-state index contributed by atoms with van der Waals surface area (Å²) in [5, 5.41) is 6.03. The maximum absolute atomic E-state index is 12.3. The molecule has 2 N–H and O–H groups in total. The Morgan fingerprint density at radius 3 is 2.62 bits per heavy atom. The normalized spacial score (nSPS) is 11.1. The molecule has 2 aromatic rings. The van der Waals surface area contributed by atoms with E-state index in [1.807, 2.05) is 0 Å². The first-order valence-electron chi connectivity index (χ1n) is 8.05. The van der Waals surface area contributed by atoms with Crippen molar-refractivity contribution in [3.8, 4) is 0 Å². The van der Waals surface area contributed by atoms with Crippen molar-refractivity contribution in [1.82, 2.24) is 29.3 Å². The van der Waals surface area contributed by atoms with Gasteiger partial charge in [0.05, 0.1) is 6.33 Å². The minimum absolute atomic E-state index is 0.0863. The van der Waals surface area contributed by atoms with Crippen molar-refractivity contribution in [3.63, 3.8) is 0 Å². The summed E-state index contributed by atoms with van der Waals surface area (Å²) < 4.78 is 3.98. The zero-order valence-corrected chi connectivity index (χ0v) is 14.3. The molecule has 0 saturated carbocycles. The molecule has 0 bridgehead atoms. The number of carbonyl (C=O) groups excluding carboxylic acids is 1. The van der Waals surface area contributed by atoms with Gasteiger partial charge in [0, 0.05) is 40.2 Å². The minimum atomic E-state index is -0.421. The summed E-state index contributed by atoms with van der Waals surface area (Å²) in [7, 11) is 2.99. The van der Waals surface area contributed by atoms with E-state index < -0.39 is 11.2 Å². The number of nitrogens with zero attached hydrogens (tertiary/aromatic N) is 4. The Morgan fingerprint density at radius 1 is 1.17 bits per heavy atom. The average Bonchev–Trinajstić information content (AvgIpc) is 3.00. The summed E-state index contributed by atoms with van der Waals surface area (Å²) in [6.07, 6.45) is 2.78. The second-order valence-electron chi connectivity index (χ2n) is 5.67. The number of carbonyl (C=O) groups is 1. The standard InChI is InChI=1S/C15H24N6O3/c1-4-6-16-7-8-17-11(22)5-9-21-10-18-13-12(21)14(23)20(3)15(24)19(13)2/h10,16H,4-9H2,1-3H3,(H,17,22). The number of aryl methyl sites for hydroxylation is 2. The zero-order valence-electron chi connectivity index (χ0n) is 14.3. The van der Waals surface area contributed by atoms with Gasteiger partial charge in [0.25, 0.3) is 5.56 Å². The fraction of sp³-hybridized carbons (Fsp3) is 0.600. The summed E-state index contributed by atoms with van der Waals surface area (Å²) in [5.74, 6) is -0.0863. The molecule has 0 aliphatic carbocycles. The van der Waals surface area contributed by atoms with Crippen LogP contribution >= 0.6 is 0 Å². The number of fused-ring (bicyclic) bond motifs is 1. The van der Waals surface area contributed by atoms with E-state index >= 15 is 0 Å². The molecule has 132 valence electrons. The van der Waals surface area contributed by atoms with Crippen molar-refractivity contribution in [2.24, 2.45) is 14.1 Å². The number of hydrogen-bond acceptors (Lipinski definition) is 5. The van der Waals surface area contributed by atoms with Gasteiger partial charge in [-0.3, -0.25) is 18.7 Å². The molecule has 0 aromatic carbocycles. The highest BCUT2D eigenvalue weighted by atomic mass is 16.2. The van der Waals surface area contributed by atoms with E-state index in [0.29, 0.717) is 24.3 Å². The van der Waals surface area contributed by atoms with Crippen LogP contribution in [0.2, 0.25) is 0 Å². The summed E-state index contributed by atoms with van der Waals surface area (Å²) in [5.41, 5.74) is -0.172. The molecule has 0 aliphatic rings. The summed E-state index contributed by atoms with van der Waals surface area (Å²) in [4.78, 5) is 40.2. The highest BCUT2D eigenvalue weighted by Gasteiger charge is 2.14. The van der Waals surface area contributed by atoms with Crippen molar-refractivity contribution in [2.75, 3.05) is 19.6 Å². The van der Waals surface area contributed by atoms with Gasteiger partial charge in [0.1, 0.15) is 0 Å². The molecule has 0 unspecified atom stereocenters.